The molecule has 4 rings (SSSR count). The van der Waals surface area contributed by atoms with Gasteiger partial charge in [-0.2, -0.15) is 0 Å². The van der Waals surface area contributed by atoms with E-state index in [-0.39, 0.29) is 0 Å². The van der Waals surface area contributed by atoms with Crippen LogP contribution in [0.4, 0.5) is 0 Å². The highest BCUT2D eigenvalue weighted by Gasteiger charge is 2.62. The Bertz CT molecular complexity index is 574. The maximum atomic E-state index is 6.52. The Morgan fingerprint density at radius 3 is 1.34 bits per heavy atom. The Kier molecular flexibility index (Phi) is 5.28. The Morgan fingerprint density at radius 1 is 0.690 bits per heavy atom. The van der Waals surface area contributed by atoms with Crippen molar-refractivity contribution in [3.05, 3.63) is 0 Å². The lowest BCUT2D eigenvalue weighted by Gasteiger charge is -2.40. The third-order valence-corrected chi connectivity index (χ3v) is 11.5. The van der Waals surface area contributed by atoms with E-state index in [1.807, 2.05) is 0 Å². The second kappa shape index (κ2) is 6.94. The molecule has 0 amide bonds. The van der Waals surface area contributed by atoms with Gasteiger partial charge < -0.3 is 14.0 Å². The van der Waals surface area contributed by atoms with E-state index < -0.39 is 0 Å². The van der Waals surface area contributed by atoms with Gasteiger partial charge in [0.2, 0.25) is 0 Å². The summed E-state index contributed by atoms with van der Waals surface area (Å²) in [5.41, 5.74) is 1.64. The van der Waals surface area contributed by atoms with Crippen LogP contribution in [0.1, 0.15) is 80.1 Å². The molecule has 4 aliphatic carbocycles. The minimum absolute atomic E-state index is 0.377. The summed E-state index contributed by atoms with van der Waals surface area (Å²) in [7, 11) is 4.68. The minimum Gasteiger partial charge on any atom is -0.372 e. The zero-order chi connectivity index (χ0) is 21.3. The van der Waals surface area contributed by atoms with Crippen LogP contribution in [0, 0.1) is 33.5 Å². The molecule has 0 saturated heterocycles. The normalized spacial score (nSPS) is 44.7. The molecule has 0 radical (unpaired) electrons. The zero-order valence-electron chi connectivity index (χ0n) is 20.6. The molecule has 0 spiro atoms. The van der Waals surface area contributed by atoms with E-state index in [1.54, 1.807) is 0 Å². The van der Waals surface area contributed by atoms with Crippen molar-refractivity contribution in [2.24, 2.45) is 33.5 Å². The summed E-state index contributed by atoms with van der Waals surface area (Å²) < 4.78 is 14.0. The van der Waals surface area contributed by atoms with Crippen LogP contribution < -0.4 is 0 Å². The number of ether oxygens (including phenoxy) is 2. The Labute approximate surface area is 180 Å². The zero-order valence-corrected chi connectivity index (χ0v) is 20.6. The van der Waals surface area contributed by atoms with Crippen LogP contribution >= 0.6 is 0 Å². The van der Waals surface area contributed by atoms with Crippen molar-refractivity contribution >= 4 is 0 Å². The average molecular weight is 407 g/mol. The van der Waals surface area contributed by atoms with Crippen molar-refractivity contribution < 1.29 is 14.0 Å². The van der Waals surface area contributed by atoms with Crippen LogP contribution in [0.2, 0.25) is 0 Å². The van der Waals surface area contributed by atoms with Gasteiger partial charge in [-0.15, -0.1) is 0 Å². The van der Waals surface area contributed by atoms with E-state index in [4.69, 9.17) is 9.47 Å². The number of fused-ring (bicyclic) bond motifs is 4. The molecule has 0 aromatic heterocycles. The van der Waals surface area contributed by atoms with Crippen LogP contribution in [0.5, 0.6) is 0 Å². The molecule has 0 N–H and O–H groups in total. The second-order valence-electron chi connectivity index (χ2n) is 13.3. The number of quaternary nitrogens is 1. The van der Waals surface area contributed by atoms with Crippen molar-refractivity contribution in [2.75, 3.05) is 40.4 Å². The second-order valence-corrected chi connectivity index (χ2v) is 13.3. The number of hydrogen-bond acceptors (Lipinski definition) is 2. The van der Waals surface area contributed by atoms with Gasteiger partial charge in [0, 0.05) is 0 Å². The van der Waals surface area contributed by atoms with Gasteiger partial charge in [-0.05, 0) is 72.0 Å². The van der Waals surface area contributed by atoms with Crippen LogP contribution in [0.3, 0.4) is 0 Å². The van der Waals surface area contributed by atoms with Crippen LogP contribution in [0.15, 0.2) is 0 Å². The summed E-state index contributed by atoms with van der Waals surface area (Å²) in [5.74, 6) is 1.72. The summed E-state index contributed by atoms with van der Waals surface area (Å²) in [6.07, 6.45) is 8.97. The van der Waals surface area contributed by atoms with Crippen molar-refractivity contribution in [3.8, 4) is 0 Å². The van der Waals surface area contributed by atoms with Crippen LogP contribution in [0.25, 0.3) is 0 Å². The Balaban J connectivity index is 1.21. The molecule has 3 heteroatoms. The first-order valence-corrected chi connectivity index (χ1v) is 12.4. The molecular formula is C26H48NO2+. The molecule has 4 bridgehead atoms. The van der Waals surface area contributed by atoms with E-state index >= 15 is 0 Å². The van der Waals surface area contributed by atoms with Gasteiger partial charge in [-0.3, -0.25) is 0 Å². The first-order valence-electron chi connectivity index (χ1n) is 12.4. The molecule has 4 fully saturated rings. The number of hydrogen-bond donors (Lipinski definition) is 0. The summed E-state index contributed by atoms with van der Waals surface area (Å²) in [6, 6.07) is 0. The molecular weight excluding hydrogens is 358 g/mol. The van der Waals surface area contributed by atoms with E-state index in [1.165, 1.54) is 38.5 Å². The lowest BCUT2D eigenvalue weighted by Crippen LogP contribution is -2.47. The van der Waals surface area contributed by atoms with Gasteiger partial charge in [-0.25, -0.2) is 0 Å². The van der Waals surface area contributed by atoms with Gasteiger partial charge in [0.25, 0.3) is 0 Å². The molecule has 0 aliphatic heterocycles. The van der Waals surface area contributed by atoms with E-state index in [0.29, 0.717) is 33.9 Å². The van der Waals surface area contributed by atoms with E-state index in [2.05, 4.69) is 55.6 Å². The van der Waals surface area contributed by atoms with Crippen molar-refractivity contribution in [1.29, 1.82) is 0 Å². The third-order valence-electron chi connectivity index (χ3n) is 11.5. The molecule has 6 atom stereocenters. The third kappa shape index (κ3) is 3.24. The van der Waals surface area contributed by atoms with E-state index in [0.717, 1.165) is 42.6 Å². The summed E-state index contributed by atoms with van der Waals surface area (Å²) >= 11 is 0. The van der Waals surface area contributed by atoms with Gasteiger partial charge in [0.15, 0.2) is 0 Å². The highest BCUT2D eigenvalue weighted by Crippen LogP contribution is 2.67. The van der Waals surface area contributed by atoms with E-state index in [9.17, 15) is 0 Å². The molecule has 4 saturated carbocycles. The molecule has 3 nitrogen and oxygen atoms in total. The maximum absolute atomic E-state index is 6.52. The first-order chi connectivity index (χ1) is 13.3. The lowest BCUT2D eigenvalue weighted by atomic mass is 9.70. The number of likely N-dealkylation sites (N-methyl/N-ethyl adjacent to an activating group) is 1. The summed E-state index contributed by atoms with van der Waals surface area (Å²) in [4.78, 5) is 0. The minimum atomic E-state index is 0.377. The standard InChI is InChI=1S/C26H48NO2/c1-23(2)19-9-11-25(23,5)21(17-19)28-15-13-27(7,8)14-16-29-22-18-20-10-12-26(22,6)24(20,3)4/h19-22H,9-18H2,1-8H3/q+1/t19-,20+,21-,22-,25+,26+/m1/s1. The highest BCUT2D eigenvalue weighted by atomic mass is 16.5. The predicted octanol–water partition coefficient (Wildman–Crippen LogP) is 5.53. The summed E-state index contributed by atoms with van der Waals surface area (Å²) in [5, 5.41) is 0. The number of nitrogens with zero attached hydrogens (tertiary/aromatic N) is 1. The molecule has 0 aromatic rings. The molecule has 0 aromatic carbocycles. The fourth-order valence-electron chi connectivity index (χ4n) is 7.76. The Hall–Kier alpha value is -0.120. The first kappa shape index (κ1) is 22.1. The Morgan fingerprint density at radius 2 is 1.07 bits per heavy atom. The van der Waals surface area contributed by atoms with Crippen LogP contribution in [-0.2, 0) is 9.47 Å². The smallest absolute Gasteiger partial charge is 0.102 e. The monoisotopic (exact) mass is 406 g/mol. The maximum Gasteiger partial charge on any atom is 0.102 e. The van der Waals surface area contributed by atoms with Gasteiger partial charge in [-0.1, -0.05) is 41.5 Å². The van der Waals surface area contributed by atoms with Crippen LogP contribution in [-0.4, -0.2) is 57.1 Å². The quantitative estimate of drug-likeness (QED) is 0.494. The highest BCUT2D eigenvalue weighted by molar-refractivity contribution is 5.12. The molecule has 4 aliphatic rings. The lowest BCUT2D eigenvalue weighted by molar-refractivity contribution is -0.891. The van der Waals surface area contributed by atoms with Crippen molar-refractivity contribution in [2.45, 2.75) is 92.3 Å². The average Bonchev–Trinajstić information content (AvgIpc) is 3.13. The fraction of sp³-hybridized carbons (Fsp3) is 1.00. The predicted molar refractivity (Wildman–Crippen MR) is 120 cm³/mol. The molecule has 0 heterocycles. The molecule has 29 heavy (non-hydrogen) atoms. The summed E-state index contributed by atoms with van der Waals surface area (Å²) in [6.45, 7) is 18.8. The van der Waals surface area contributed by atoms with Gasteiger partial charge >= 0.3 is 0 Å². The largest absolute Gasteiger partial charge is 0.372 e. The van der Waals surface area contributed by atoms with Crippen molar-refractivity contribution in [1.82, 2.24) is 0 Å². The van der Waals surface area contributed by atoms with Gasteiger partial charge in [0.1, 0.15) is 13.1 Å². The van der Waals surface area contributed by atoms with Crippen molar-refractivity contribution in [3.63, 3.8) is 0 Å². The molecule has 0 unspecified atom stereocenters. The fourth-order valence-corrected chi connectivity index (χ4v) is 7.76. The van der Waals surface area contributed by atoms with Gasteiger partial charge in [0.05, 0.1) is 39.5 Å². The SMILES string of the molecule is CC1(C)[C@@H]2CC[C@@]1(C)[C@H](OCC[N+](C)(C)CCO[C@@H]1C[C@@H]3CC[C@]1(C)C3(C)C)C2. The topological polar surface area (TPSA) is 18.5 Å². The number of rotatable bonds is 8. The molecule has 168 valence electrons.